The molecule has 116 valence electrons. The maximum atomic E-state index is 9.31. The molecule has 1 saturated heterocycles. The van der Waals surface area contributed by atoms with Crippen molar-refractivity contribution in [1.29, 1.82) is 0 Å². The lowest BCUT2D eigenvalue weighted by Crippen LogP contribution is -2.48. The summed E-state index contributed by atoms with van der Waals surface area (Å²) in [5.41, 5.74) is 2.43. The first-order chi connectivity index (χ1) is 9.98. The maximum absolute atomic E-state index is 9.31. The molecule has 4 nitrogen and oxygen atoms in total. The van der Waals surface area contributed by atoms with E-state index in [0.717, 1.165) is 25.3 Å². The molecule has 0 bridgehead atoms. The number of aliphatic hydroxyl groups is 1. The van der Waals surface area contributed by atoms with Crippen molar-refractivity contribution < 1.29 is 14.6 Å². The topological polar surface area (TPSA) is 41.9 Å². The Kier molecular flexibility index (Phi) is 3.95. The molecule has 21 heavy (non-hydrogen) atoms. The maximum Gasteiger partial charge on any atom is 0.127 e. The van der Waals surface area contributed by atoms with Crippen molar-refractivity contribution in [3.05, 3.63) is 29.3 Å². The molecule has 0 saturated carbocycles. The lowest BCUT2D eigenvalue weighted by atomic mass is 10.00. The molecular formula is C17H25NO3. The predicted molar refractivity (Wildman–Crippen MR) is 81.6 cm³/mol. The summed E-state index contributed by atoms with van der Waals surface area (Å²) in [6.45, 7) is 8.81. The molecule has 1 N–H and O–H groups in total. The number of morpholine rings is 1. The van der Waals surface area contributed by atoms with Gasteiger partial charge in [-0.05, 0) is 26.3 Å². The van der Waals surface area contributed by atoms with Crippen molar-refractivity contribution in [3.8, 4) is 5.75 Å². The summed E-state index contributed by atoms with van der Waals surface area (Å²) in [5.74, 6) is 1.06. The Balaban J connectivity index is 1.78. The molecule has 0 aliphatic carbocycles. The van der Waals surface area contributed by atoms with E-state index in [9.17, 15) is 5.11 Å². The van der Waals surface area contributed by atoms with Gasteiger partial charge in [0, 0.05) is 31.1 Å². The summed E-state index contributed by atoms with van der Waals surface area (Å²) in [4.78, 5) is 2.37. The summed E-state index contributed by atoms with van der Waals surface area (Å²) in [6, 6.07) is 6.79. The van der Waals surface area contributed by atoms with E-state index in [0.29, 0.717) is 12.6 Å². The molecule has 0 unspecified atom stereocenters. The summed E-state index contributed by atoms with van der Waals surface area (Å²) >= 11 is 0. The van der Waals surface area contributed by atoms with Gasteiger partial charge in [-0.1, -0.05) is 18.2 Å². The van der Waals surface area contributed by atoms with E-state index >= 15 is 0 Å². The summed E-state index contributed by atoms with van der Waals surface area (Å²) in [7, 11) is 0. The second kappa shape index (κ2) is 5.59. The van der Waals surface area contributed by atoms with Crippen molar-refractivity contribution >= 4 is 0 Å². The number of nitrogens with zero attached hydrogens (tertiary/aromatic N) is 1. The van der Waals surface area contributed by atoms with E-state index in [4.69, 9.17) is 9.47 Å². The molecule has 0 amide bonds. The Morgan fingerprint density at radius 1 is 1.38 bits per heavy atom. The molecule has 1 aromatic rings. The quantitative estimate of drug-likeness (QED) is 0.924. The van der Waals surface area contributed by atoms with Gasteiger partial charge in [-0.15, -0.1) is 0 Å². The average molecular weight is 291 g/mol. The number of ether oxygens (including phenoxy) is 2. The highest BCUT2D eigenvalue weighted by molar-refractivity contribution is 5.45. The molecule has 1 fully saturated rings. The van der Waals surface area contributed by atoms with Crippen LogP contribution in [-0.4, -0.2) is 47.5 Å². The Hall–Kier alpha value is -1.10. The normalized spacial score (nSPS) is 28.2. The smallest absolute Gasteiger partial charge is 0.127 e. The van der Waals surface area contributed by atoms with E-state index < -0.39 is 0 Å². The van der Waals surface area contributed by atoms with E-state index in [1.807, 2.05) is 0 Å². The number of rotatable bonds is 3. The molecule has 2 heterocycles. The van der Waals surface area contributed by atoms with Gasteiger partial charge in [-0.3, -0.25) is 4.90 Å². The molecule has 4 heteroatoms. The molecule has 2 aliphatic heterocycles. The van der Waals surface area contributed by atoms with Gasteiger partial charge in [-0.2, -0.15) is 0 Å². The zero-order valence-electron chi connectivity index (χ0n) is 13.1. The third-order valence-electron chi connectivity index (χ3n) is 4.38. The highest BCUT2D eigenvalue weighted by Gasteiger charge is 2.33. The predicted octanol–water partition coefficient (Wildman–Crippen LogP) is 1.98. The molecule has 0 radical (unpaired) electrons. The third kappa shape index (κ3) is 3.07. The number of benzene rings is 1. The van der Waals surface area contributed by atoms with E-state index in [2.05, 4.69) is 43.9 Å². The fraction of sp³-hybridized carbons (Fsp3) is 0.647. The van der Waals surface area contributed by atoms with Crippen molar-refractivity contribution in [2.45, 2.75) is 51.5 Å². The van der Waals surface area contributed by atoms with E-state index in [1.54, 1.807) is 0 Å². The fourth-order valence-corrected chi connectivity index (χ4v) is 3.23. The minimum atomic E-state index is -0.108. The lowest BCUT2D eigenvalue weighted by Gasteiger charge is -2.37. The van der Waals surface area contributed by atoms with Gasteiger partial charge < -0.3 is 14.6 Å². The van der Waals surface area contributed by atoms with Gasteiger partial charge in [0.15, 0.2) is 0 Å². The first kappa shape index (κ1) is 14.8. The van der Waals surface area contributed by atoms with Gasteiger partial charge in [-0.25, -0.2) is 0 Å². The molecule has 2 aliphatic rings. The van der Waals surface area contributed by atoms with Crippen molar-refractivity contribution in [2.24, 2.45) is 0 Å². The molecular weight excluding hydrogens is 266 g/mol. The SMILES string of the molecule is C[C@@H]1CO[C@@H](CO)CN1Cc1cccc2c1OC(C)(C)C2. The van der Waals surface area contributed by atoms with Crippen molar-refractivity contribution in [3.63, 3.8) is 0 Å². The third-order valence-corrected chi connectivity index (χ3v) is 4.38. The minimum absolute atomic E-state index is 0.0738. The van der Waals surface area contributed by atoms with E-state index in [-0.39, 0.29) is 18.3 Å². The Labute approximate surface area is 126 Å². The zero-order chi connectivity index (χ0) is 15.0. The number of para-hydroxylation sites is 1. The number of aliphatic hydroxyl groups excluding tert-OH is 1. The monoisotopic (exact) mass is 291 g/mol. The first-order valence-electron chi connectivity index (χ1n) is 7.75. The van der Waals surface area contributed by atoms with Crippen LogP contribution in [0.5, 0.6) is 5.75 Å². The standard InChI is InChI=1S/C17H25NO3/c1-12-11-20-15(10-19)9-18(12)8-14-6-4-5-13-7-17(2,3)21-16(13)14/h4-6,12,15,19H,7-11H2,1-3H3/t12-,15-/m1/s1. The van der Waals surface area contributed by atoms with Crippen LogP contribution in [0.4, 0.5) is 0 Å². The molecule has 0 aromatic heterocycles. The van der Waals surface area contributed by atoms with Gasteiger partial charge in [0.05, 0.1) is 19.3 Å². The fourth-order valence-electron chi connectivity index (χ4n) is 3.23. The Bertz CT molecular complexity index is 515. The van der Waals surface area contributed by atoms with Crippen LogP contribution in [0.2, 0.25) is 0 Å². The van der Waals surface area contributed by atoms with Crippen LogP contribution in [-0.2, 0) is 17.7 Å². The van der Waals surface area contributed by atoms with Crippen LogP contribution in [0, 0.1) is 0 Å². The second-order valence-corrected chi connectivity index (χ2v) is 6.86. The van der Waals surface area contributed by atoms with Gasteiger partial charge in [0.2, 0.25) is 0 Å². The van der Waals surface area contributed by atoms with Crippen LogP contribution in [0.3, 0.4) is 0 Å². The van der Waals surface area contributed by atoms with Gasteiger partial charge in [0.1, 0.15) is 11.4 Å². The lowest BCUT2D eigenvalue weighted by molar-refractivity contribution is -0.0807. The number of fused-ring (bicyclic) bond motifs is 1. The van der Waals surface area contributed by atoms with Gasteiger partial charge in [0.25, 0.3) is 0 Å². The minimum Gasteiger partial charge on any atom is -0.487 e. The number of hydrogen-bond donors (Lipinski definition) is 1. The second-order valence-electron chi connectivity index (χ2n) is 6.86. The van der Waals surface area contributed by atoms with Crippen molar-refractivity contribution in [1.82, 2.24) is 4.90 Å². The van der Waals surface area contributed by atoms with E-state index in [1.165, 1.54) is 11.1 Å². The summed E-state index contributed by atoms with van der Waals surface area (Å²) in [6.07, 6.45) is 0.893. The van der Waals surface area contributed by atoms with Crippen LogP contribution in [0.25, 0.3) is 0 Å². The van der Waals surface area contributed by atoms with Crippen LogP contribution >= 0.6 is 0 Å². The first-order valence-corrected chi connectivity index (χ1v) is 7.75. The highest BCUT2D eigenvalue weighted by atomic mass is 16.5. The number of hydrogen-bond acceptors (Lipinski definition) is 4. The molecule has 1 aromatic carbocycles. The molecule has 2 atom stereocenters. The van der Waals surface area contributed by atoms with Crippen LogP contribution < -0.4 is 4.74 Å². The average Bonchev–Trinajstić information content (AvgIpc) is 2.76. The van der Waals surface area contributed by atoms with Gasteiger partial charge >= 0.3 is 0 Å². The van der Waals surface area contributed by atoms with Crippen LogP contribution in [0.15, 0.2) is 18.2 Å². The Morgan fingerprint density at radius 2 is 2.19 bits per heavy atom. The Morgan fingerprint density at radius 3 is 2.95 bits per heavy atom. The summed E-state index contributed by atoms with van der Waals surface area (Å²) < 4.78 is 11.8. The van der Waals surface area contributed by atoms with Crippen LogP contribution in [0.1, 0.15) is 31.9 Å². The zero-order valence-corrected chi connectivity index (χ0v) is 13.1. The largest absolute Gasteiger partial charge is 0.487 e. The molecule has 0 spiro atoms. The highest BCUT2D eigenvalue weighted by Crippen LogP contribution is 2.38. The summed E-state index contributed by atoms with van der Waals surface area (Å²) in [5, 5.41) is 9.31. The molecule has 3 rings (SSSR count). The van der Waals surface area contributed by atoms with Crippen molar-refractivity contribution in [2.75, 3.05) is 19.8 Å².